The first kappa shape index (κ1) is 15.4. The minimum absolute atomic E-state index is 0.0267. The molecule has 21 heavy (non-hydrogen) atoms. The van der Waals surface area contributed by atoms with E-state index in [1.807, 2.05) is 0 Å². The van der Waals surface area contributed by atoms with Crippen molar-refractivity contribution >= 4 is 10.8 Å². The Labute approximate surface area is 121 Å². The van der Waals surface area contributed by atoms with Crippen molar-refractivity contribution in [3.05, 3.63) is 45.0 Å². The van der Waals surface area contributed by atoms with Crippen LogP contribution in [0.15, 0.2) is 33.9 Å². The quantitative estimate of drug-likeness (QED) is 0.586. The molecule has 0 saturated carbocycles. The van der Waals surface area contributed by atoms with Crippen LogP contribution in [0.3, 0.4) is 0 Å². The molecule has 0 saturated heterocycles. The van der Waals surface area contributed by atoms with Crippen LogP contribution in [0.25, 0.3) is 10.8 Å². The van der Waals surface area contributed by atoms with Gasteiger partial charge in [-0.2, -0.15) is 0 Å². The molecule has 0 amide bonds. The number of aromatic nitrogens is 2. The van der Waals surface area contributed by atoms with Gasteiger partial charge in [-0.3, -0.25) is 14.7 Å². The van der Waals surface area contributed by atoms with Gasteiger partial charge in [-0.1, -0.05) is 12.1 Å². The summed E-state index contributed by atoms with van der Waals surface area (Å²) in [6, 6.07) is 6.61. The molecule has 114 valence electrons. The van der Waals surface area contributed by atoms with E-state index in [0.717, 1.165) is 4.68 Å². The van der Waals surface area contributed by atoms with E-state index in [-0.39, 0.29) is 17.7 Å². The van der Waals surface area contributed by atoms with Gasteiger partial charge in [0.2, 0.25) is 0 Å². The normalized spacial score (nSPS) is 12.7. The van der Waals surface area contributed by atoms with Crippen molar-refractivity contribution in [1.82, 2.24) is 15.1 Å². The van der Waals surface area contributed by atoms with Crippen LogP contribution in [0.2, 0.25) is 0 Å². The van der Waals surface area contributed by atoms with Gasteiger partial charge in [-0.25, -0.2) is 4.68 Å². The molecule has 0 aliphatic rings. The summed E-state index contributed by atoms with van der Waals surface area (Å²) in [7, 11) is 1.59. The molecule has 1 aromatic carbocycles. The van der Waals surface area contributed by atoms with Gasteiger partial charge in [0.25, 0.3) is 11.1 Å². The molecule has 7 heteroatoms. The standard InChI is InChI=1S/C14H19N3O4/c1-21-7-6-15-8-10(18)9-17-14(20)12-5-3-2-4-11(12)13(19)16-17/h2-5,10,15,18H,6-9H2,1H3,(H,16,19). The predicted molar refractivity (Wildman–Crippen MR) is 79.6 cm³/mol. The molecule has 0 fully saturated rings. The predicted octanol–water partition coefficient (Wildman–Crippen LogP) is -0.713. The Morgan fingerprint density at radius 2 is 2.05 bits per heavy atom. The van der Waals surface area contributed by atoms with Crippen LogP contribution >= 0.6 is 0 Å². The second-order valence-electron chi connectivity index (χ2n) is 4.75. The van der Waals surface area contributed by atoms with Crippen molar-refractivity contribution in [1.29, 1.82) is 0 Å². The van der Waals surface area contributed by atoms with Gasteiger partial charge in [0.05, 0.1) is 30.0 Å². The van der Waals surface area contributed by atoms with Crippen LogP contribution in [0.5, 0.6) is 0 Å². The van der Waals surface area contributed by atoms with Crippen molar-refractivity contribution < 1.29 is 9.84 Å². The second-order valence-corrected chi connectivity index (χ2v) is 4.75. The Bertz CT molecular complexity index is 707. The zero-order chi connectivity index (χ0) is 15.2. The summed E-state index contributed by atoms with van der Waals surface area (Å²) in [5, 5.41) is 16.1. The zero-order valence-electron chi connectivity index (χ0n) is 11.8. The molecule has 0 bridgehead atoms. The number of hydrogen-bond acceptors (Lipinski definition) is 5. The van der Waals surface area contributed by atoms with Crippen LogP contribution < -0.4 is 16.4 Å². The van der Waals surface area contributed by atoms with Crippen molar-refractivity contribution in [2.45, 2.75) is 12.6 Å². The third-order valence-corrected chi connectivity index (χ3v) is 3.14. The van der Waals surface area contributed by atoms with Crippen LogP contribution in [-0.2, 0) is 11.3 Å². The minimum atomic E-state index is -0.781. The number of H-pyrrole nitrogens is 1. The highest BCUT2D eigenvalue weighted by Crippen LogP contribution is 2.02. The molecular formula is C14H19N3O4. The van der Waals surface area contributed by atoms with Crippen LogP contribution in [0.1, 0.15) is 0 Å². The molecule has 1 unspecified atom stereocenters. The first-order chi connectivity index (χ1) is 10.1. The van der Waals surface area contributed by atoms with Crippen molar-refractivity contribution in [3.8, 4) is 0 Å². The first-order valence-electron chi connectivity index (χ1n) is 6.73. The smallest absolute Gasteiger partial charge is 0.273 e. The molecule has 0 aliphatic heterocycles. The van der Waals surface area contributed by atoms with Crippen LogP contribution in [-0.4, -0.2) is 47.8 Å². The Kier molecular flexibility index (Phi) is 5.26. The third-order valence-electron chi connectivity index (χ3n) is 3.14. The molecule has 3 N–H and O–H groups in total. The van der Waals surface area contributed by atoms with E-state index >= 15 is 0 Å². The number of nitrogens with one attached hydrogen (secondary N) is 2. The SMILES string of the molecule is COCCNCC(O)Cn1[nH]c(=O)c2ccccc2c1=O. The van der Waals surface area contributed by atoms with E-state index in [1.54, 1.807) is 31.4 Å². The molecular weight excluding hydrogens is 274 g/mol. The summed E-state index contributed by atoms with van der Waals surface area (Å²) >= 11 is 0. The molecule has 7 nitrogen and oxygen atoms in total. The largest absolute Gasteiger partial charge is 0.390 e. The fourth-order valence-electron chi connectivity index (χ4n) is 2.09. The van der Waals surface area contributed by atoms with Gasteiger partial charge in [-0.15, -0.1) is 0 Å². The molecule has 0 aliphatic carbocycles. The summed E-state index contributed by atoms with van der Waals surface area (Å²) in [4.78, 5) is 24.1. The molecule has 0 radical (unpaired) electrons. The van der Waals surface area contributed by atoms with E-state index in [2.05, 4.69) is 10.4 Å². The molecule has 1 heterocycles. The summed E-state index contributed by atoms with van der Waals surface area (Å²) in [6.45, 7) is 1.49. The lowest BCUT2D eigenvalue weighted by atomic mass is 10.2. The highest BCUT2D eigenvalue weighted by molar-refractivity contribution is 5.80. The number of ether oxygens (including phenoxy) is 1. The van der Waals surface area contributed by atoms with Gasteiger partial charge >= 0.3 is 0 Å². The lowest BCUT2D eigenvalue weighted by molar-refractivity contribution is 0.138. The minimum Gasteiger partial charge on any atom is -0.390 e. The monoisotopic (exact) mass is 293 g/mol. The van der Waals surface area contributed by atoms with E-state index in [1.165, 1.54) is 0 Å². The number of methoxy groups -OCH3 is 1. The lowest BCUT2D eigenvalue weighted by Gasteiger charge is -2.13. The Hall–Kier alpha value is -1.96. The number of nitrogens with zero attached hydrogens (tertiary/aromatic N) is 1. The average molecular weight is 293 g/mol. The molecule has 1 atom stereocenters. The molecule has 1 aromatic heterocycles. The maximum Gasteiger partial charge on any atom is 0.273 e. The van der Waals surface area contributed by atoms with Crippen molar-refractivity contribution in [3.63, 3.8) is 0 Å². The van der Waals surface area contributed by atoms with Gasteiger partial charge < -0.3 is 15.2 Å². The number of benzene rings is 1. The number of fused-ring (bicyclic) bond motifs is 1. The Morgan fingerprint density at radius 3 is 2.76 bits per heavy atom. The van der Waals surface area contributed by atoms with Gasteiger partial charge in [-0.05, 0) is 12.1 Å². The van der Waals surface area contributed by atoms with Crippen molar-refractivity contribution in [2.75, 3.05) is 26.8 Å². The number of aromatic amines is 1. The average Bonchev–Trinajstić information content (AvgIpc) is 2.49. The topological polar surface area (TPSA) is 96.3 Å². The molecule has 2 rings (SSSR count). The van der Waals surface area contributed by atoms with Crippen LogP contribution in [0, 0.1) is 0 Å². The number of rotatable bonds is 7. The lowest BCUT2D eigenvalue weighted by Crippen LogP contribution is -2.38. The highest BCUT2D eigenvalue weighted by Gasteiger charge is 2.10. The summed E-state index contributed by atoms with van der Waals surface area (Å²) in [5.74, 6) is 0. The second kappa shape index (κ2) is 7.16. The van der Waals surface area contributed by atoms with E-state index in [9.17, 15) is 14.7 Å². The van der Waals surface area contributed by atoms with Gasteiger partial charge in [0, 0.05) is 20.2 Å². The Balaban J connectivity index is 2.14. The number of aliphatic hydroxyl groups is 1. The fraction of sp³-hybridized carbons (Fsp3) is 0.429. The number of aliphatic hydroxyl groups excluding tert-OH is 1. The first-order valence-corrected chi connectivity index (χ1v) is 6.73. The highest BCUT2D eigenvalue weighted by atomic mass is 16.5. The third kappa shape index (κ3) is 3.78. The Morgan fingerprint density at radius 1 is 1.33 bits per heavy atom. The zero-order valence-corrected chi connectivity index (χ0v) is 11.8. The summed E-state index contributed by atoms with van der Waals surface area (Å²) < 4.78 is 6.02. The molecule has 2 aromatic rings. The van der Waals surface area contributed by atoms with Crippen LogP contribution in [0.4, 0.5) is 0 Å². The van der Waals surface area contributed by atoms with E-state index in [4.69, 9.17) is 4.74 Å². The fourth-order valence-corrected chi connectivity index (χ4v) is 2.09. The maximum absolute atomic E-state index is 12.2. The van der Waals surface area contributed by atoms with Gasteiger partial charge in [0.15, 0.2) is 0 Å². The summed E-state index contributed by atoms with van der Waals surface area (Å²) in [6.07, 6.45) is -0.781. The molecule has 0 spiro atoms. The maximum atomic E-state index is 12.2. The van der Waals surface area contributed by atoms with Crippen molar-refractivity contribution in [2.24, 2.45) is 0 Å². The van der Waals surface area contributed by atoms with Gasteiger partial charge in [0.1, 0.15) is 0 Å². The van der Waals surface area contributed by atoms with E-state index < -0.39 is 6.10 Å². The summed E-state index contributed by atoms with van der Waals surface area (Å²) in [5.41, 5.74) is -0.661. The van der Waals surface area contributed by atoms with E-state index in [0.29, 0.717) is 30.5 Å². The number of hydrogen-bond donors (Lipinski definition) is 3.